The first-order chi connectivity index (χ1) is 9.28. The van der Waals surface area contributed by atoms with E-state index in [1.165, 1.54) is 0 Å². The second kappa shape index (κ2) is 4.72. The van der Waals surface area contributed by atoms with Gasteiger partial charge in [0.05, 0.1) is 23.3 Å². The van der Waals surface area contributed by atoms with Crippen molar-refractivity contribution < 1.29 is 0 Å². The lowest BCUT2D eigenvalue weighted by Gasteiger charge is -2.08. The second-order valence-corrected chi connectivity index (χ2v) is 4.52. The predicted molar refractivity (Wildman–Crippen MR) is 77.4 cm³/mol. The van der Waals surface area contributed by atoms with Gasteiger partial charge in [-0.2, -0.15) is 0 Å². The van der Waals surface area contributed by atoms with Gasteiger partial charge in [-0.1, -0.05) is 12.1 Å². The molecule has 96 valence electrons. The normalized spacial score (nSPS) is 10.8. The number of hydrogen-bond donors (Lipinski definition) is 1. The molecule has 2 heterocycles. The van der Waals surface area contributed by atoms with Crippen molar-refractivity contribution in [3.8, 4) is 0 Å². The van der Waals surface area contributed by atoms with Gasteiger partial charge in [0, 0.05) is 18.9 Å². The van der Waals surface area contributed by atoms with Gasteiger partial charge in [0.25, 0.3) is 0 Å². The van der Waals surface area contributed by atoms with Gasteiger partial charge in [-0.3, -0.25) is 4.98 Å². The van der Waals surface area contributed by atoms with E-state index in [4.69, 9.17) is 0 Å². The summed E-state index contributed by atoms with van der Waals surface area (Å²) in [6.07, 6.45) is 1.83. The fraction of sp³-hybridized carbons (Fsp3) is 0.200. The highest BCUT2D eigenvalue weighted by Crippen LogP contribution is 2.17. The van der Waals surface area contributed by atoms with Crippen molar-refractivity contribution in [2.24, 2.45) is 0 Å². The fourth-order valence-electron chi connectivity index (χ4n) is 2.28. The van der Waals surface area contributed by atoms with Gasteiger partial charge in [-0.05, 0) is 31.2 Å². The summed E-state index contributed by atoms with van der Waals surface area (Å²) < 4.78 is 2.19. The second-order valence-electron chi connectivity index (χ2n) is 4.52. The topological polar surface area (TPSA) is 42.7 Å². The zero-order valence-electron chi connectivity index (χ0n) is 11.1. The van der Waals surface area contributed by atoms with Crippen molar-refractivity contribution in [1.29, 1.82) is 0 Å². The van der Waals surface area contributed by atoms with E-state index in [1.807, 2.05) is 44.4 Å². The molecule has 0 amide bonds. The number of rotatable bonds is 3. The van der Waals surface area contributed by atoms with E-state index in [2.05, 4.69) is 32.0 Å². The third-order valence-corrected chi connectivity index (χ3v) is 3.27. The van der Waals surface area contributed by atoms with E-state index in [0.717, 1.165) is 34.8 Å². The van der Waals surface area contributed by atoms with Crippen LogP contribution in [-0.2, 0) is 6.54 Å². The number of imidazole rings is 1. The van der Waals surface area contributed by atoms with Crippen molar-refractivity contribution >= 4 is 16.7 Å². The van der Waals surface area contributed by atoms with Crippen LogP contribution in [0.5, 0.6) is 0 Å². The Balaban J connectivity index is 2.02. The van der Waals surface area contributed by atoms with Gasteiger partial charge in [-0.15, -0.1) is 0 Å². The zero-order chi connectivity index (χ0) is 13.2. The number of nitrogens with zero attached hydrogens (tertiary/aromatic N) is 3. The molecule has 1 N–H and O–H groups in total. The minimum Gasteiger partial charge on any atom is -0.388 e. The lowest BCUT2D eigenvalue weighted by atomic mass is 10.3. The quantitative estimate of drug-likeness (QED) is 0.779. The van der Waals surface area contributed by atoms with Crippen LogP contribution in [0.25, 0.3) is 11.0 Å². The maximum atomic E-state index is 4.57. The van der Waals surface area contributed by atoms with Crippen molar-refractivity contribution in [3.05, 3.63) is 54.1 Å². The number of fused-ring (bicyclic) bond motifs is 1. The smallest absolute Gasteiger partial charge is 0.107 e. The summed E-state index contributed by atoms with van der Waals surface area (Å²) in [4.78, 5) is 8.99. The molecule has 0 saturated carbocycles. The molecule has 0 saturated heterocycles. The summed E-state index contributed by atoms with van der Waals surface area (Å²) in [5.41, 5.74) is 4.28. The van der Waals surface area contributed by atoms with E-state index >= 15 is 0 Å². The van der Waals surface area contributed by atoms with Gasteiger partial charge in [0.15, 0.2) is 0 Å². The number of aromatic nitrogens is 3. The third-order valence-electron chi connectivity index (χ3n) is 3.27. The molecular weight excluding hydrogens is 236 g/mol. The van der Waals surface area contributed by atoms with Crippen LogP contribution in [0, 0.1) is 6.92 Å². The predicted octanol–water partition coefficient (Wildman–Crippen LogP) is 2.83. The van der Waals surface area contributed by atoms with Crippen LogP contribution < -0.4 is 5.32 Å². The Morgan fingerprint density at radius 1 is 1.21 bits per heavy atom. The molecule has 0 aliphatic heterocycles. The molecule has 0 bridgehead atoms. The van der Waals surface area contributed by atoms with Crippen LogP contribution >= 0.6 is 0 Å². The summed E-state index contributed by atoms with van der Waals surface area (Å²) >= 11 is 0. The molecule has 3 aromatic rings. The monoisotopic (exact) mass is 252 g/mol. The number of pyridine rings is 1. The Hall–Kier alpha value is -2.36. The summed E-state index contributed by atoms with van der Waals surface area (Å²) in [6.45, 7) is 2.77. The molecule has 0 spiro atoms. The first kappa shape index (κ1) is 11.7. The van der Waals surface area contributed by atoms with Crippen molar-refractivity contribution in [2.75, 3.05) is 12.4 Å². The molecule has 0 unspecified atom stereocenters. The van der Waals surface area contributed by atoms with Crippen molar-refractivity contribution in [3.63, 3.8) is 0 Å². The molecule has 0 fully saturated rings. The Labute approximate surface area is 112 Å². The largest absolute Gasteiger partial charge is 0.388 e. The van der Waals surface area contributed by atoms with Gasteiger partial charge >= 0.3 is 0 Å². The van der Waals surface area contributed by atoms with E-state index in [1.54, 1.807) is 0 Å². The van der Waals surface area contributed by atoms with Gasteiger partial charge < -0.3 is 9.88 Å². The van der Waals surface area contributed by atoms with Crippen LogP contribution in [0.4, 0.5) is 5.69 Å². The van der Waals surface area contributed by atoms with E-state index in [0.29, 0.717) is 0 Å². The molecule has 0 atom stereocenters. The van der Waals surface area contributed by atoms with Crippen molar-refractivity contribution in [1.82, 2.24) is 14.5 Å². The third kappa shape index (κ3) is 2.17. The highest BCUT2D eigenvalue weighted by molar-refractivity contribution is 5.75. The average molecular weight is 252 g/mol. The lowest BCUT2D eigenvalue weighted by Crippen LogP contribution is -2.04. The highest BCUT2D eigenvalue weighted by Gasteiger charge is 2.07. The molecular formula is C15H16N4. The van der Waals surface area contributed by atoms with Crippen molar-refractivity contribution in [2.45, 2.75) is 13.5 Å². The molecule has 3 rings (SSSR count). The zero-order valence-corrected chi connectivity index (χ0v) is 11.1. The summed E-state index contributed by atoms with van der Waals surface area (Å²) in [7, 11) is 1.91. The van der Waals surface area contributed by atoms with Gasteiger partial charge in [0.1, 0.15) is 5.82 Å². The highest BCUT2D eigenvalue weighted by atomic mass is 15.1. The number of nitrogens with one attached hydrogen (secondary N) is 1. The molecule has 4 heteroatoms. The minimum absolute atomic E-state index is 0.738. The minimum atomic E-state index is 0.738. The maximum absolute atomic E-state index is 4.57. The van der Waals surface area contributed by atoms with E-state index in [-0.39, 0.29) is 0 Å². The summed E-state index contributed by atoms with van der Waals surface area (Å²) in [5, 5.41) is 3.13. The number of anilines is 1. The number of benzene rings is 1. The first-order valence-corrected chi connectivity index (χ1v) is 6.32. The van der Waals surface area contributed by atoms with Gasteiger partial charge in [-0.25, -0.2) is 4.98 Å². The molecule has 19 heavy (non-hydrogen) atoms. The molecule has 0 radical (unpaired) electrons. The average Bonchev–Trinajstić information content (AvgIpc) is 2.76. The van der Waals surface area contributed by atoms with Crippen LogP contribution in [-0.4, -0.2) is 21.6 Å². The molecule has 0 aliphatic carbocycles. The molecule has 1 aromatic carbocycles. The van der Waals surface area contributed by atoms with Crippen LogP contribution in [0.3, 0.4) is 0 Å². The molecule has 2 aromatic heterocycles. The summed E-state index contributed by atoms with van der Waals surface area (Å²) in [6, 6.07) is 12.2. The number of hydrogen-bond acceptors (Lipinski definition) is 3. The van der Waals surface area contributed by atoms with Crippen LogP contribution in [0.15, 0.2) is 42.6 Å². The number of aryl methyl sites for hydroxylation is 1. The molecule has 0 aliphatic rings. The van der Waals surface area contributed by atoms with Crippen LogP contribution in [0.1, 0.15) is 11.5 Å². The maximum Gasteiger partial charge on any atom is 0.107 e. The van der Waals surface area contributed by atoms with Crippen LogP contribution in [0.2, 0.25) is 0 Å². The molecule has 4 nitrogen and oxygen atoms in total. The Morgan fingerprint density at radius 2 is 2.05 bits per heavy atom. The summed E-state index contributed by atoms with van der Waals surface area (Å²) in [5.74, 6) is 1.01. The van der Waals surface area contributed by atoms with Gasteiger partial charge in [0.2, 0.25) is 0 Å². The Kier molecular flexibility index (Phi) is 2.91. The standard InChI is InChI=1S/C15H16N4/c1-11-18-14-5-3-4-6-15(14)19(11)10-13-9-12(16-2)7-8-17-13/h3-9H,10H2,1-2H3,(H,16,17). The van der Waals surface area contributed by atoms with E-state index < -0.39 is 0 Å². The Bertz CT molecular complexity index is 715. The van der Waals surface area contributed by atoms with E-state index in [9.17, 15) is 0 Å². The first-order valence-electron chi connectivity index (χ1n) is 6.32. The Morgan fingerprint density at radius 3 is 2.89 bits per heavy atom. The fourth-order valence-corrected chi connectivity index (χ4v) is 2.28. The number of para-hydroxylation sites is 2. The SMILES string of the molecule is CNc1ccnc(Cn2c(C)nc3ccccc32)c1. The lowest BCUT2D eigenvalue weighted by molar-refractivity contribution is 0.765.